The van der Waals surface area contributed by atoms with Crippen LogP contribution in [-0.4, -0.2) is 103 Å². The number of allylic oxidation sites excluding steroid dienone is 1. The molecule has 0 saturated carbocycles. The molecule has 0 aliphatic carbocycles. The second-order valence-electron chi connectivity index (χ2n) is 16.0. The summed E-state index contributed by atoms with van der Waals surface area (Å²) in [4.78, 5) is 39.2. The summed E-state index contributed by atoms with van der Waals surface area (Å²) in [5.74, 6) is -4.31. The molecule has 0 aromatic heterocycles. The van der Waals surface area contributed by atoms with Gasteiger partial charge < -0.3 is 48.5 Å². The minimum Gasteiger partial charge on any atom is -0.466 e. The van der Waals surface area contributed by atoms with Crippen molar-refractivity contribution >= 4 is 24.0 Å². The molecular weight excluding hydrogens is 748 g/mol. The predicted molar refractivity (Wildman–Crippen MR) is 216 cm³/mol. The fourth-order valence-electron chi connectivity index (χ4n) is 7.43. The maximum absolute atomic E-state index is 13.4. The quantitative estimate of drug-likeness (QED) is 0.0680. The molecule has 0 amide bonds. The number of fused-ring (bicyclic) bond motifs is 4. The number of hydrogen-bond donors (Lipinski definition) is 3. The molecule has 324 valence electrons. The lowest BCUT2D eigenvalue weighted by Gasteiger charge is -2.51. The number of unbranched alkanes of at least 4 members (excludes halogenated alkanes) is 4. The molecule has 2 saturated heterocycles. The highest BCUT2D eigenvalue weighted by molar-refractivity contribution is 5.83. The zero-order valence-corrected chi connectivity index (χ0v) is 35.0. The van der Waals surface area contributed by atoms with Crippen molar-refractivity contribution in [2.45, 2.75) is 160 Å². The van der Waals surface area contributed by atoms with Crippen molar-refractivity contribution in [3.63, 3.8) is 0 Å². The molecule has 13 heteroatoms. The molecule has 0 radical (unpaired) electrons. The van der Waals surface area contributed by atoms with Gasteiger partial charge in [-0.25, -0.2) is 4.79 Å². The van der Waals surface area contributed by atoms with Crippen molar-refractivity contribution in [3.8, 4) is 0 Å². The molecule has 1 aromatic rings. The van der Waals surface area contributed by atoms with Crippen molar-refractivity contribution < 1.29 is 62.9 Å². The van der Waals surface area contributed by atoms with Crippen LogP contribution >= 0.6 is 0 Å². The third-order valence-corrected chi connectivity index (χ3v) is 10.9. The van der Waals surface area contributed by atoms with Crippen molar-refractivity contribution in [1.29, 1.82) is 0 Å². The van der Waals surface area contributed by atoms with Crippen LogP contribution in [0, 0.1) is 5.41 Å². The number of ether oxygens (including phenoxy) is 7. The van der Waals surface area contributed by atoms with E-state index in [1.165, 1.54) is 13.2 Å². The van der Waals surface area contributed by atoms with Gasteiger partial charge >= 0.3 is 17.9 Å². The van der Waals surface area contributed by atoms with E-state index in [2.05, 4.69) is 26.0 Å². The molecule has 2 fully saturated rings. The SMILES string of the molecule is CC/C=C/c1ccc([C@@H]2C[C@@H]3CCO[C@H](/C=C/C(C)(C)[C@]4(O)O[C@@H](C/C(=C\C(=O)OC)[C@@H]4OC(=O)CCCCCCC)C[C@H](CO)OC(=O)C[C@H](O)CCO2)O3)cc1. The Balaban J connectivity index is 1.69. The van der Waals surface area contributed by atoms with E-state index in [-0.39, 0.29) is 50.4 Å². The molecule has 8 atom stereocenters. The number of aliphatic hydroxyl groups excluding tert-OH is 2. The largest absolute Gasteiger partial charge is 0.466 e. The van der Waals surface area contributed by atoms with Gasteiger partial charge in [-0.05, 0) is 54.9 Å². The standard InChI is InChI=1S/C45H66O13/c1-6-8-10-11-12-14-39(48)57-43-33(26-40(49)52-5)25-36-28-37(30-46)55-41(50)27-34(47)20-23-53-38(32-17-15-31(16-18-32)13-9-7-2)29-35-21-24-54-42(56-35)19-22-44(3,4)45(43,51)58-36/h9,13,15-19,22,26,34-38,42-43,46-47,51H,6-8,10-12,14,20-21,23-25,27-30H2,1-5H3/b13-9+,22-19+,33-26+/t34-,35+,36+,37-,38+,42+,43+,45-/m1/s1. The number of esters is 3. The average molecular weight is 815 g/mol. The van der Waals surface area contributed by atoms with Gasteiger partial charge in [-0.1, -0.05) is 95.9 Å². The van der Waals surface area contributed by atoms with Gasteiger partial charge in [0.15, 0.2) is 12.4 Å². The Hall–Kier alpha value is -3.43. The Bertz CT molecular complexity index is 1530. The number of cyclic esters (lactones) is 1. The molecule has 0 spiro atoms. The van der Waals surface area contributed by atoms with Crippen LogP contribution < -0.4 is 0 Å². The Kier molecular flexibility index (Phi) is 19.0. The van der Waals surface area contributed by atoms with E-state index in [0.29, 0.717) is 25.9 Å². The first-order valence-electron chi connectivity index (χ1n) is 21.0. The van der Waals surface area contributed by atoms with Gasteiger partial charge in [0.2, 0.25) is 5.79 Å². The van der Waals surface area contributed by atoms with Crippen LogP contribution in [0.5, 0.6) is 0 Å². The summed E-state index contributed by atoms with van der Waals surface area (Å²) >= 11 is 0. The Morgan fingerprint density at radius 2 is 1.71 bits per heavy atom. The lowest BCUT2D eigenvalue weighted by molar-refractivity contribution is -0.327. The number of methoxy groups -OCH3 is 1. The van der Waals surface area contributed by atoms with Crippen LogP contribution in [0.2, 0.25) is 0 Å². The maximum atomic E-state index is 13.4. The van der Waals surface area contributed by atoms with Gasteiger partial charge in [0.1, 0.15) is 6.10 Å². The molecule has 4 rings (SSSR count). The van der Waals surface area contributed by atoms with Crippen molar-refractivity contribution in [2.75, 3.05) is 26.9 Å². The van der Waals surface area contributed by atoms with Crippen molar-refractivity contribution in [3.05, 3.63) is 65.3 Å². The zero-order valence-electron chi connectivity index (χ0n) is 35.0. The second kappa shape index (κ2) is 23.4. The number of rotatable bonds is 12. The fourth-order valence-corrected chi connectivity index (χ4v) is 7.43. The average Bonchev–Trinajstić information content (AvgIpc) is 3.19. The summed E-state index contributed by atoms with van der Waals surface area (Å²) in [6.45, 7) is 7.57. The first-order chi connectivity index (χ1) is 27.8. The van der Waals surface area contributed by atoms with Crippen molar-refractivity contribution in [1.82, 2.24) is 0 Å². The predicted octanol–water partition coefficient (Wildman–Crippen LogP) is 6.57. The Morgan fingerprint density at radius 3 is 2.41 bits per heavy atom. The van der Waals surface area contributed by atoms with Gasteiger partial charge in [0.25, 0.3) is 0 Å². The van der Waals surface area contributed by atoms with Gasteiger partial charge in [-0.2, -0.15) is 0 Å². The van der Waals surface area contributed by atoms with E-state index in [0.717, 1.165) is 43.2 Å². The third kappa shape index (κ3) is 14.1. The first-order valence-corrected chi connectivity index (χ1v) is 21.0. The van der Waals surface area contributed by atoms with Crippen LogP contribution in [0.4, 0.5) is 0 Å². The van der Waals surface area contributed by atoms with E-state index >= 15 is 0 Å². The molecule has 13 nitrogen and oxygen atoms in total. The summed E-state index contributed by atoms with van der Waals surface area (Å²) in [6.07, 6.45) is 9.01. The number of carbonyl (C=O) groups is 3. The fraction of sp³-hybridized carbons (Fsp3) is 0.667. The van der Waals surface area contributed by atoms with E-state index in [4.69, 9.17) is 33.2 Å². The number of carbonyl (C=O) groups excluding carboxylic acids is 3. The topological polar surface area (TPSA) is 177 Å². The summed E-state index contributed by atoms with van der Waals surface area (Å²) in [6, 6.07) is 8.07. The highest BCUT2D eigenvalue weighted by Crippen LogP contribution is 2.47. The number of hydrogen-bond acceptors (Lipinski definition) is 13. The number of benzene rings is 1. The third-order valence-electron chi connectivity index (χ3n) is 10.9. The highest BCUT2D eigenvalue weighted by Gasteiger charge is 2.57. The van der Waals surface area contributed by atoms with Gasteiger partial charge in [0, 0.05) is 37.4 Å². The molecular formula is C45H66O13. The molecule has 58 heavy (non-hydrogen) atoms. The monoisotopic (exact) mass is 814 g/mol. The summed E-state index contributed by atoms with van der Waals surface area (Å²) < 4.78 is 41.8. The summed E-state index contributed by atoms with van der Waals surface area (Å²) in [7, 11) is 1.22. The minimum atomic E-state index is -2.28. The van der Waals surface area contributed by atoms with E-state index in [1.807, 2.05) is 24.3 Å². The number of aliphatic hydroxyl groups is 3. The molecule has 3 heterocycles. The normalized spacial score (nSPS) is 31.3. The summed E-state index contributed by atoms with van der Waals surface area (Å²) in [5, 5.41) is 33.9. The van der Waals surface area contributed by atoms with Gasteiger partial charge in [-0.15, -0.1) is 0 Å². The molecule has 1 aromatic carbocycles. The maximum Gasteiger partial charge on any atom is 0.330 e. The summed E-state index contributed by atoms with van der Waals surface area (Å²) in [5.41, 5.74) is 0.896. The smallest absolute Gasteiger partial charge is 0.330 e. The molecule has 0 unspecified atom stereocenters. The minimum absolute atomic E-state index is 0.0183. The Labute approximate surface area is 343 Å². The van der Waals surface area contributed by atoms with E-state index in [1.54, 1.807) is 26.0 Å². The lowest BCUT2D eigenvalue weighted by atomic mass is 9.74. The zero-order chi connectivity index (χ0) is 42.1. The van der Waals surface area contributed by atoms with Gasteiger partial charge in [0.05, 0.1) is 51.2 Å². The molecule has 3 aliphatic rings. The second-order valence-corrected chi connectivity index (χ2v) is 16.0. The first kappa shape index (κ1) is 47.3. The van der Waals surface area contributed by atoms with Crippen LogP contribution in [0.1, 0.15) is 128 Å². The van der Waals surface area contributed by atoms with Crippen molar-refractivity contribution in [2.24, 2.45) is 5.41 Å². The lowest BCUT2D eigenvalue weighted by Crippen LogP contribution is -2.62. The molecule has 3 N–H and O–H groups in total. The van der Waals surface area contributed by atoms with E-state index in [9.17, 15) is 29.7 Å². The van der Waals surface area contributed by atoms with Crippen LogP contribution in [0.15, 0.2) is 54.1 Å². The molecule has 4 bridgehead atoms. The molecule has 3 aliphatic heterocycles. The van der Waals surface area contributed by atoms with E-state index < -0.39 is 72.5 Å². The van der Waals surface area contributed by atoms with Gasteiger partial charge in [-0.3, -0.25) is 9.59 Å². The van der Waals surface area contributed by atoms with Crippen LogP contribution in [0.25, 0.3) is 6.08 Å². The van der Waals surface area contributed by atoms with Crippen LogP contribution in [0.3, 0.4) is 0 Å². The highest BCUT2D eigenvalue weighted by atomic mass is 16.7. The van der Waals surface area contributed by atoms with Crippen LogP contribution in [-0.2, 0) is 47.5 Å². The Morgan fingerprint density at radius 1 is 0.966 bits per heavy atom.